The average molecular weight is 300 g/mol. The number of aromatic amines is 1. The summed E-state index contributed by atoms with van der Waals surface area (Å²) in [5, 5.41) is 8.77. The Labute approximate surface area is 125 Å². The second-order valence-corrected chi connectivity index (χ2v) is 4.89. The van der Waals surface area contributed by atoms with Gasteiger partial charge in [-0.2, -0.15) is 10.1 Å². The molecule has 0 spiro atoms. The molecule has 2 N–H and O–H groups in total. The molecule has 0 bridgehead atoms. The van der Waals surface area contributed by atoms with Gasteiger partial charge in [0, 0.05) is 6.54 Å². The number of amides is 1. The molecule has 0 aliphatic heterocycles. The maximum atomic E-state index is 12.5. The van der Waals surface area contributed by atoms with Gasteiger partial charge in [0.1, 0.15) is 12.9 Å². The van der Waals surface area contributed by atoms with Crippen LogP contribution < -0.4 is 11.0 Å². The first-order valence-electron chi connectivity index (χ1n) is 7.04. The van der Waals surface area contributed by atoms with E-state index < -0.39 is 0 Å². The fraction of sp³-hybridized carbons (Fsp3) is 0.286. The van der Waals surface area contributed by atoms with Crippen molar-refractivity contribution in [1.29, 1.82) is 0 Å². The Kier molecular flexibility index (Phi) is 3.73. The Morgan fingerprint density at radius 1 is 1.27 bits per heavy atom. The monoisotopic (exact) mass is 300 g/mol. The van der Waals surface area contributed by atoms with Gasteiger partial charge in [0.05, 0.1) is 11.0 Å². The lowest BCUT2D eigenvalue weighted by Gasteiger charge is -2.03. The summed E-state index contributed by atoms with van der Waals surface area (Å²) in [6, 6.07) is 7.46. The van der Waals surface area contributed by atoms with Crippen molar-refractivity contribution in [3.8, 4) is 0 Å². The van der Waals surface area contributed by atoms with Crippen LogP contribution in [0.25, 0.3) is 11.0 Å². The Morgan fingerprint density at radius 3 is 2.64 bits per heavy atom. The van der Waals surface area contributed by atoms with Crippen LogP contribution in [0.5, 0.6) is 0 Å². The highest BCUT2D eigenvalue weighted by Crippen LogP contribution is 2.13. The van der Waals surface area contributed by atoms with Crippen LogP contribution >= 0.6 is 0 Å². The lowest BCUT2D eigenvalue weighted by molar-refractivity contribution is -0.116. The number of aromatic nitrogens is 5. The molecule has 0 fully saturated rings. The molecule has 8 nitrogen and oxygen atoms in total. The van der Waals surface area contributed by atoms with Crippen LogP contribution in [0.3, 0.4) is 0 Å². The van der Waals surface area contributed by atoms with E-state index in [2.05, 4.69) is 20.5 Å². The number of hydrogen-bond donors (Lipinski definition) is 2. The topological polar surface area (TPSA) is 97.6 Å². The van der Waals surface area contributed by atoms with Crippen LogP contribution in [0, 0.1) is 0 Å². The summed E-state index contributed by atoms with van der Waals surface area (Å²) >= 11 is 0. The maximum Gasteiger partial charge on any atom is 0.329 e. The Hall–Kier alpha value is -2.90. The highest BCUT2D eigenvalue weighted by Gasteiger charge is 2.15. The number of fused-ring (bicyclic) bond motifs is 1. The van der Waals surface area contributed by atoms with Gasteiger partial charge < -0.3 is 0 Å². The van der Waals surface area contributed by atoms with Gasteiger partial charge in [-0.1, -0.05) is 19.1 Å². The molecule has 2 heterocycles. The normalized spacial score (nSPS) is 11.0. The van der Waals surface area contributed by atoms with Gasteiger partial charge in [-0.05, 0) is 18.6 Å². The standard InChI is InChI=1S/C14H16N6O2/c1-2-7-19-10-5-3-4-6-11(10)20(14(19)22)8-12(21)17-13-15-9-16-18-13/h3-6,9H,2,7-8H2,1H3,(H2,15,16,17,18,21). The van der Waals surface area contributed by atoms with Gasteiger partial charge >= 0.3 is 5.69 Å². The fourth-order valence-electron chi connectivity index (χ4n) is 2.45. The average Bonchev–Trinajstić information content (AvgIpc) is 3.10. The van der Waals surface area contributed by atoms with Gasteiger partial charge in [-0.3, -0.25) is 19.2 Å². The number of imidazole rings is 1. The van der Waals surface area contributed by atoms with Crippen molar-refractivity contribution in [2.75, 3.05) is 5.32 Å². The van der Waals surface area contributed by atoms with Crippen molar-refractivity contribution in [3.63, 3.8) is 0 Å². The molecule has 8 heteroatoms. The van der Waals surface area contributed by atoms with Gasteiger partial charge in [-0.15, -0.1) is 0 Å². The summed E-state index contributed by atoms with van der Waals surface area (Å²) in [5.41, 5.74) is 1.39. The SMILES string of the molecule is CCCn1c(=O)n(CC(=O)Nc2ncn[nH]2)c2ccccc21. The van der Waals surface area contributed by atoms with E-state index >= 15 is 0 Å². The van der Waals surface area contributed by atoms with Crippen LogP contribution in [0.2, 0.25) is 0 Å². The number of nitrogens with one attached hydrogen (secondary N) is 2. The zero-order chi connectivity index (χ0) is 15.5. The van der Waals surface area contributed by atoms with Crippen LogP contribution in [0.4, 0.5) is 5.95 Å². The van der Waals surface area contributed by atoms with E-state index in [1.54, 1.807) is 4.57 Å². The molecule has 114 valence electrons. The Morgan fingerprint density at radius 2 is 2.00 bits per heavy atom. The third kappa shape index (κ3) is 2.50. The quantitative estimate of drug-likeness (QED) is 0.733. The third-order valence-corrected chi connectivity index (χ3v) is 3.35. The molecule has 0 aliphatic carbocycles. The van der Waals surface area contributed by atoms with Crippen molar-refractivity contribution in [1.82, 2.24) is 24.3 Å². The van der Waals surface area contributed by atoms with Crippen molar-refractivity contribution >= 4 is 22.9 Å². The van der Waals surface area contributed by atoms with Crippen LogP contribution in [-0.4, -0.2) is 30.2 Å². The number of anilines is 1. The number of aryl methyl sites for hydroxylation is 1. The molecule has 3 rings (SSSR count). The molecule has 0 aliphatic rings. The lowest BCUT2D eigenvalue weighted by atomic mass is 10.3. The summed E-state index contributed by atoms with van der Waals surface area (Å²) in [5.74, 6) is -0.0754. The number of nitrogens with zero attached hydrogens (tertiary/aromatic N) is 4. The van der Waals surface area contributed by atoms with Crippen molar-refractivity contribution in [2.24, 2.45) is 0 Å². The highest BCUT2D eigenvalue weighted by atomic mass is 16.2. The fourth-order valence-corrected chi connectivity index (χ4v) is 2.45. The lowest BCUT2D eigenvalue weighted by Crippen LogP contribution is -2.29. The molecule has 22 heavy (non-hydrogen) atoms. The molecule has 0 saturated heterocycles. The maximum absolute atomic E-state index is 12.5. The zero-order valence-electron chi connectivity index (χ0n) is 12.1. The molecule has 1 aromatic carbocycles. The Balaban J connectivity index is 1.95. The summed E-state index contributed by atoms with van der Waals surface area (Å²) in [7, 11) is 0. The van der Waals surface area contributed by atoms with Gasteiger partial charge in [-0.25, -0.2) is 9.89 Å². The van der Waals surface area contributed by atoms with Crippen LogP contribution in [-0.2, 0) is 17.9 Å². The van der Waals surface area contributed by atoms with E-state index in [1.807, 2.05) is 31.2 Å². The summed E-state index contributed by atoms with van der Waals surface area (Å²) in [4.78, 5) is 28.4. The van der Waals surface area contributed by atoms with Gasteiger partial charge in [0.15, 0.2) is 0 Å². The number of benzene rings is 1. The molecular formula is C14H16N6O2. The molecule has 2 aromatic heterocycles. The number of hydrogen-bond acceptors (Lipinski definition) is 4. The largest absolute Gasteiger partial charge is 0.329 e. The predicted molar refractivity (Wildman–Crippen MR) is 81.5 cm³/mol. The predicted octanol–water partition coefficient (Wildman–Crippen LogP) is 0.970. The number of H-pyrrole nitrogens is 1. The van der Waals surface area contributed by atoms with E-state index in [0.717, 1.165) is 17.5 Å². The van der Waals surface area contributed by atoms with E-state index in [-0.39, 0.29) is 24.1 Å². The Bertz CT molecular complexity index is 846. The number of para-hydroxylation sites is 2. The molecule has 3 aromatic rings. The first-order chi connectivity index (χ1) is 10.7. The third-order valence-electron chi connectivity index (χ3n) is 3.35. The van der Waals surface area contributed by atoms with Crippen molar-refractivity contribution in [3.05, 3.63) is 41.1 Å². The van der Waals surface area contributed by atoms with E-state index in [0.29, 0.717) is 6.54 Å². The number of carbonyl (C=O) groups is 1. The second kappa shape index (κ2) is 5.84. The summed E-state index contributed by atoms with van der Waals surface area (Å²) < 4.78 is 3.16. The number of carbonyl (C=O) groups excluding carboxylic acids is 1. The zero-order valence-corrected chi connectivity index (χ0v) is 12.1. The second-order valence-electron chi connectivity index (χ2n) is 4.89. The molecule has 0 radical (unpaired) electrons. The highest BCUT2D eigenvalue weighted by molar-refractivity contribution is 5.90. The molecular weight excluding hydrogens is 284 g/mol. The molecule has 0 saturated carbocycles. The van der Waals surface area contributed by atoms with E-state index in [4.69, 9.17) is 0 Å². The van der Waals surface area contributed by atoms with Crippen LogP contribution in [0.1, 0.15) is 13.3 Å². The minimum atomic E-state index is -0.335. The summed E-state index contributed by atoms with van der Waals surface area (Å²) in [6.07, 6.45) is 2.15. The first kappa shape index (κ1) is 14.1. The molecule has 0 atom stereocenters. The van der Waals surface area contributed by atoms with Gasteiger partial charge in [0.25, 0.3) is 0 Å². The van der Waals surface area contributed by atoms with E-state index in [9.17, 15) is 9.59 Å². The summed E-state index contributed by atoms with van der Waals surface area (Å²) in [6.45, 7) is 2.56. The molecule has 0 unspecified atom stereocenters. The van der Waals surface area contributed by atoms with E-state index in [1.165, 1.54) is 10.9 Å². The first-order valence-corrected chi connectivity index (χ1v) is 7.04. The van der Waals surface area contributed by atoms with Crippen LogP contribution in [0.15, 0.2) is 35.4 Å². The van der Waals surface area contributed by atoms with Crippen molar-refractivity contribution in [2.45, 2.75) is 26.4 Å². The van der Waals surface area contributed by atoms with Crippen molar-refractivity contribution < 1.29 is 4.79 Å². The molecule has 1 amide bonds. The smallest absolute Gasteiger partial charge is 0.293 e. The number of rotatable bonds is 5. The minimum Gasteiger partial charge on any atom is -0.293 e. The van der Waals surface area contributed by atoms with Gasteiger partial charge in [0.2, 0.25) is 11.9 Å². The minimum absolute atomic E-state index is 0.0727.